The molecule has 0 radical (unpaired) electrons. The molecule has 1 unspecified atom stereocenters. The van der Waals surface area contributed by atoms with Crippen molar-refractivity contribution in [3.8, 4) is 0 Å². The van der Waals surface area contributed by atoms with Gasteiger partial charge in [0.15, 0.2) is 0 Å². The van der Waals surface area contributed by atoms with Gasteiger partial charge in [-0.3, -0.25) is 4.79 Å². The second-order valence-electron chi connectivity index (χ2n) is 8.58. The van der Waals surface area contributed by atoms with Crippen molar-refractivity contribution < 1.29 is 13.6 Å². The number of nitrogens with zero attached hydrogens (tertiary/aromatic N) is 3. The quantitative estimate of drug-likeness (QED) is 0.360. The van der Waals surface area contributed by atoms with Gasteiger partial charge in [0, 0.05) is 29.7 Å². The highest BCUT2D eigenvalue weighted by atomic mass is 19.1. The predicted molar refractivity (Wildman–Crippen MR) is 128 cm³/mol. The summed E-state index contributed by atoms with van der Waals surface area (Å²) >= 11 is 0. The predicted octanol–water partition coefficient (Wildman–Crippen LogP) is 4.38. The minimum Gasteiger partial charge on any atom is -0.364 e. The normalized spacial score (nSPS) is 15.8. The summed E-state index contributed by atoms with van der Waals surface area (Å²) in [6.07, 6.45) is 4.76. The van der Waals surface area contributed by atoms with Crippen LogP contribution in [0, 0.1) is 11.6 Å². The molecule has 3 N–H and O–H groups in total. The summed E-state index contributed by atoms with van der Waals surface area (Å²) in [5, 5.41) is 7.12. The van der Waals surface area contributed by atoms with Crippen LogP contribution in [0.2, 0.25) is 0 Å². The van der Waals surface area contributed by atoms with E-state index in [-0.39, 0.29) is 17.6 Å². The Morgan fingerprint density at radius 2 is 1.91 bits per heavy atom. The third-order valence-electron chi connectivity index (χ3n) is 6.43. The van der Waals surface area contributed by atoms with Crippen molar-refractivity contribution in [3.63, 3.8) is 0 Å². The monoisotopic (exact) mass is 474 g/mol. The van der Waals surface area contributed by atoms with E-state index >= 15 is 0 Å². The molecule has 35 heavy (non-hydrogen) atoms. The van der Waals surface area contributed by atoms with Crippen LogP contribution in [0.4, 0.5) is 20.2 Å². The molecule has 0 bridgehead atoms. The first-order valence-corrected chi connectivity index (χ1v) is 11.2. The summed E-state index contributed by atoms with van der Waals surface area (Å²) in [7, 11) is 0. The lowest BCUT2D eigenvalue weighted by atomic mass is 10.0. The van der Waals surface area contributed by atoms with Crippen LogP contribution in [0.15, 0.2) is 65.7 Å². The maximum Gasteiger partial charge on any atom is 0.323 e. The molecule has 10 heteroatoms. The molecular weight excluding hydrogens is 454 g/mol. The van der Waals surface area contributed by atoms with E-state index in [0.717, 1.165) is 24.2 Å². The number of benzene rings is 2. The second kappa shape index (κ2) is 8.08. The zero-order chi connectivity index (χ0) is 24.1. The summed E-state index contributed by atoms with van der Waals surface area (Å²) in [4.78, 5) is 31.9. The first-order valence-electron chi connectivity index (χ1n) is 11.2. The molecule has 4 heterocycles. The van der Waals surface area contributed by atoms with E-state index in [2.05, 4.69) is 20.4 Å². The highest BCUT2D eigenvalue weighted by Gasteiger charge is 2.29. The van der Waals surface area contributed by atoms with Gasteiger partial charge < -0.3 is 20.2 Å². The SMILES string of the molecule is O=C(Nc1ccc2[nH]c(=O)[nH]c2c1)c1cnn2ccc(N3CCCC3c3cc(F)ccc3F)cc12. The highest BCUT2D eigenvalue weighted by molar-refractivity contribution is 6.09. The number of aromatic amines is 2. The molecule has 5 aromatic rings. The van der Waals surface area contributed by atoms with Crippen LogP contribution < -0.4 is 15.9 Å². The van der Waals surface area contributed by atoms with E-state index < -0.39 is 11.6 Å². The number of imidazole rings is 1. The second-order valence-corrected chi connectivity index (χ2v) is 8.58. The van der Waals surface area contributed by atoms with Gasteiger partial charge in [0.2, 0.25) is 0 Å². The molecule has 1 fully saturated rings. The van der Waals surface area contributed by atoms with Crippen molar-refractivity contribution in [2.45, 2.75) is 18.9 Å². The summed E-state index contributed by atoms with van der Waals surface area (Å²) in [5.41, 5.74) is 3.50. The molecular formula is C25H20F2N6O2. The van der Waals surface area contributed by atoms with E-state index in [1.54, 1.807) is 28.9 Å². The van der Waals surface area contributed by atoms with Gasteiger partial charge in [-0.1, -0.05) is 0 Å². The molecule has 1 saturated heterocycles. The maximum absolute atomic E-state index is 14.5. The summed E-state index contributed by atoms with van der Waals surface area (Å²) in [5.74, 6) is -1.27. The van der Waals surface area contributed by atoms with Gasteiger partial charge in [-0.15, -0.1) is 0 Å². The number of pyridine rings is 1. The molecule has 6 rings (SSSR count). The molecule has 0 saturated carbocycles. The number of carbonyl (C=O) groups excluding carboxylic acids is 1. The Hall–Kier alpha value is -4.47. The van der Waals surface area contributed by atoms with E-state index in [1.165, 1.54) is 12.3 Å². The fourth-order valence-corrected chi connectivity index (χ4v) is 4.80. The average Bonchev–Trinajstić information content (AvgIpc) is 3.57. The zero-order valence-electron chi connectivity index (χ0n) is 18.4. The Morgan fingerprint density at radius 1 is 1.06 bits per heavy atom. The number of aromatic nitrogens is 4. The number of amides is 1. The smallest absolute Gasteiger partial charge is 0.323 e. The van der Waals surface area contributed by atoms with Crippen molar-refractivity contribution in [2.75, 3.05) is 16.8 Å². The third kappa shape index (κ3) is 3.72. The summed E-state index contributed by atoms with van der Waals surface area (Å²) < 4.78 is 29.9. The van der Waals surface area contributed by atoms with Gasteiger partial charge in [0.05, 0.1) is 34.4 Å². The number of halogens is 2. The van der Waals surface area contributed by atoms with E-state index in [1.807, 2.05) is 17.0 Å². The number of nitrogens with one attached hydrogen (secondary N) is 3. The Labute approximate surface area is 197 Å². The molecule has 2 aromatic carbocycles. The van der Waals surface area contributed by atoms with Crippen LogP contribution in [0.5, 0.6) is 0 Å². The van der Waals surface area contributed by atoms with Gasteiger partial charge in [-0.2, -0.15) is 5.10 Å². The molecule has 1 aliphatic heterocycles. The van der Waals surface area contributed by atoms with E-state index in [4.69, 9.17) is 0 Å². The standard InChI is InChI=1S/C25H20F2N6O2/c26-14-3-5-19(27)17(10-14)22-2-1-8-32(22)16-7-9-33-23(12-16)18(13-28-33)24(34)29-15-4-6-20-21(11-15)31-25(35)30-20/h3-7,9-13,22H,1-2,8H2,(H,29,34)(H2,30,31,35). The molecule has 8 nitrogen and oxygen atoms in total. The van der Waals surface area contributed by atoms with Gasteiger partial charge >= 0.3 is 5.69 Å². The van der Waals surface area contributed by atoms with Crippen LogP contribution in [0.3, 0.4) is 0 Å². The number of carbonyl (C=O) groups is 1. The van der Waals surface area contributed by atoms with Crippen LogP contribution >= 0.6 is 0 Å². The van der Waals surface area contributed by atoms with Crippen molar-refractivity contribution in [1.82, 2.24) is 19.6 Å². The molecule has 1 atom stereocenters. The lowest BCUT2D eigenvalue weighted by Gasteiger charge is -2.27. The number of hydrogen-bond acceptors (Lipinski definition) is 4. The average molecular weight is 474 g/mol. The molecule has 1 aliphatic rings. The van der Waals surface area contributed by atoms with Crippen LogP contribution in [0.25, 0.3) is 16.6 Å². The van der Waals surface area contributed by atoms with Gasteiger partial charge in [0.25, 0.3) is 5.91 Å². The fourth-order valence-electron chi connectivity index (χ4n) is 4.80. The Bertz CT molecular complexity index is 1650. The van der Waals surface area contributed by atoms with Crippen molar-refractivity contribution >= 4 is 33.8 Å². The Kier molecular flexibility index (Phi) is 4.87. The van der Waals surface area contributed by atoms with Crippen LogP contribution in [-0.2, 0) is 0 Å². The van der Waals surface area contributed by atoms with Gasteiger partial charge in [0.1, 0.15) is 11.6 Å². The number of anilines is 2. The van der Waals surface area contributed by atoms with Crippen LogP contribution in [0.1, 0.15) is 34.8 Å². The molecule has 0 aliphatic carbocycles. The first-order chi connectivity index (χ1) is 17.0. The van der Waals surface area contributed by atoms with Gasteiger partial charge in [-0.05, 0) is 61.4 Å². The van der Waals surface area contributed by atoms with E-state index in [0.29, 0.717) is 46.3 Å². The minimum atomic E-state index is -0.472. The largest absolute Gasteiger partial charge is 0.364 e. The zero-order valence-corrected chi connectivity index (χ0v) is 18.4. The molecule has 1 amide bonds. The van der Waals surface area contributed by atoms with E-state index in [9.17, 15) is 18.4 Å². The summed E-state index contributed by atoms with van der Waals surface area (Å²) in [6, 6.07) is 12.0. The first kappa shape index (κ1) is 21.1. The number of rotatable bonds is 4. The number of H-pyrrole nitrogens is 2. The highest BCUT2D eigenvalue weighted by Crippen LogP contribution is 2.38. The van der Waals surface area contributed by atoms with Crippen molar-refractivity contribution in [2.24, 2.45) is 0 Å². The maximum atomic E-state index is 14.5. The van der Waals surface area contributed by atoms with Crippen LogP contribution in [-0.4, -0.2) is 32.0 Å². The van der Waals surface area contributed by atoms with Crippen molar-refractivity contribution in [3.05, 3.63) is 94.2 Å². The Morgan fingerprint density at radius 3 is 2.80 bits per heavy atom. The summed E-state index contributed by atoms with van der Waals surface area (Å²) in [6.45, 7) is 0.682. The van der Waals surface area contributed by atoms with Crippen molar-refractivity contribution in [1.29, 1.82) is 0 Å². The fraction of sp³-hybridized carbons (Fsp3) is 0.160. The molecule has 0 spiro atoms. The minimum absolute atomic E-state index is 0.302. The Balaban J connectivity index is 1.32. The van der Waals surface area contributed by atoms with Gasteiger partial charge in [-0.25, -0.2) is 18.1 Å². The lowest BCUT2D eigenvalue weighted by molar-refractivity contribution is 0.102. The number of hydrogen-bond donors (Lipinski definition) is 3. The third-order valence-corrected chi connectivity index (χ3v) is 6.43. The molecule has 3 aromatic heterocycles. The topological polar surface area (TPSA) is 98.3 Å². The molecule has 176 valence electrons. The number of fused-ring (bicyclic) bond motifs is 2. The lowest BCUT2D eigenvalue weighted by Crippen LogP contribution is -2.23.